The largest absolute Gasteiger partial charge is 0.396 e. The normalized spacial score (nSPS) is 27.5. The molecule has 1 spiro atoms. The number of imidazole rings is 1. The summed E-state index contributed by atoms with van der Waals surface area (Å²) in [7, 11) is 0. The van der Waals surface area contributed by atoms with Crippen LogP contribution in [0.2, 0.25) is 0 Å². The number of nitrogens with one attached hydrogen (secondary N) is 1. The molecule has 3 aliphatic rings. The van der Waals surface area contributed by atoms with Gasteiger partial charge in [0.1, 0.15) is 6.33 Å². The quantitative estimate of drug-likeness (QED) is 0.683. The van der Waals surface area contributed by atoms with Crippen LogP contribution >= 0.6 is 0 Å². The first-order chi connectivity index (χ1) is 13.1. The summed E-state index contributed by atoms with van der Waals surface area (Å²) in [5.41, 5.74) is 1.18. The summed E-state index contributed by atoms with van der Waals surface area (Å²) in [6.45, 7) is 2.38. The molecule has 3 N–H and O–H groups in total. The second-order valence-corrected chi connectivity index (χ2v) is 8.52. The standard InChI is InChI=1S/C18H24N6O3/c25-8-18(9-26)3-12(4-18)24-11-22-14-15(20-10-21-16(14)24)23-2-1-17(7-23)5-13(27)19-6-17/h10-12,25-26H,1-9H2,(H,19,27). The van der Waals surface area contributed by atoms with Gasteiger partial charge in [-0.05, 0) is 19.3 Å². The Hall–Kier alpha value is -2.26. The molecule has 1 amide bonds. The van der Waals surface area contributed by atoms with E-state index in [1.807, 2.05) is 4.57 Å². The Morgan fingerprint density at radius 3 is 2.74 bits per heavy atom. The maximum absolute atomic E-state index is 11.7. The van der Waals surface area contributed by atoms with E-state index in [-0.39, 0.29) is 36.0 Å². The van der Waals surface area contributed by atoms with Crippen molar-refractivity contribution in [2.75, 3.05) is 37.7 Å². The van der Waals surface area contributed by atoms with Crippen molar-refractivity contribution in [3.8, 4) is 0 Å². The fourth-order valence-corrected chi connectivity index (χ4v) is 4.94. The van der Waals surface area contributed by atoms with E-state index >= 15 is 0 Å². The number of fused-ring (bicyclic) bond motifs is 1. The number of hydrogen-bond acceptors (Lipinski definition) is 7. The molecule has 27 heavy (non-hydrogen) atoms. The lowest BCUT2D eigenvalue weighted by Gasteiger charge is -2.45. The van der Waals surface area contributed by atoms with E-state index in [4.69, 9.17) is 0 Å². The molecule has 5 rings (SSSR count). The Morgan fingerprint density at radius 1 is 1.22 bits per heavy atom. The van der Waals surface area contributed by atoms with Crippen LogP contribution in [0, 0.1) is 10.8 Å². The highest BCUT2D eigenvalue weighted by atomic mass is 16.3. The van der Waals surface area contributed by atoms with E-state index in [0.29, 0.717) is 19.3 Å². The van der Waals surface area contributed by atoms with E-state index in [0.717, 1.165) is 43.0 Å². The Labute approximate surface area is 156 Å². The number of aliphatic hydroxyl groups excluding tert-OH is 2. The fraction of sp³-hybridized carbons (Fsp3) is 0.667. The van der Waals surface area contributed by atoms with Crippen LogP contribution in [-0.2, 0) is 4.79 Å². The van der Waals surface area contributed by atoms with E-state index in [9.17, 15) is 15.0 Å². The number of anilines is 1. The second-order valence-electron chi connectivity index (χ2n) is 8.52. The second kappa shape index (κ2) is 5.87. The minimum absolute atomic E-state index is 0.00448. The first-order valence-corrected chi connectivity index (χ1v) is 9.48. The molecule has 1 atom stereocenters. The Kier molecular flexibility index (Phi) is 3.67. The zero-order valence-corrected chi connectivity index (χ0v) is 15.1. The molecule has 1 saturated carbocycles. The summed E-state index contributed by atoms with van der Waals surface area (Å²) < 4.78 is 2.04. The van der Waals surface area contributed by atoms with Crippen molar-refractivity contribution in [3.05, 3.63) is 12.7 Å². The van der Waals surface area contributed by atoms with Crippen molar-refractivity contribution in [1.82, 2.24) is 24.8 Å². The molecule has 2 saturated heterocycles. The highest BCUT2D eigenvalue weighted by Gasteiger charge is 2.46. The number of carbonyl (C=O) groups excluding carboxylic acids is 1. The minimum atomic E-state index is -0.388. The van der Waals surface area contributed by atoms with Gasteiger partial charge in [-0.1, -0.05) is 0 Å². The molecule has 3 fully saturated rings. The maximum Gasteiger partial charge on any atom is 0.220 e. The molecular formula is C18H24N6O3. The molecule has 9 nitrogen and oxygen atoms in total. The fourth-order valence-electron chi connectivity index (χ4n) is 4.94. The first kappa shape index (κ1) is 16.9. The molecule has 2 aliphatic heterocycles. The summed E-state index contributed by atoms with van der Waals surface area (Å²) >= 11 is 0. The molecule has 144 valence electrons. The number of aliphatic hydroxyl groups is 2. The van der Waals surface area contributed by atoms with Crippen LogP contribution in [0.3, 0.4) is 0 Å². The van der Waals surface area contributed by atoms with Gasteiger partial charge in [0.05, 0.1) is 19.5 Å². The Bertz CT molecular complexity index is 886. The van der Waals surface area contributed by atoms with Crippen LogP contribution in [0.1, 0.15) is 31.7 Å². The topological polar surface area (TPSA) is 116 Å². The summed E-state index contributed by atoms with van der Waals surface area (Å²) in [4.78, 5) is 27.4. The van der Waals surface area contributed by atoms with Crippen molar-refractivity contribution in [2.45, 2.75) is 31.7 Å². The van der Waals surface area contributed by atoms with Crippen LogP contribution < -0.4 is 10.2 Å². The van der Waals surface area contributed by atoms with Gasteiger partial charge in [-0.2, -0.15) is 0 Å². The monoisotopic (exact) mass is 372 g/mol. The summed E-state index contributed by atoms with van der Waals surface area (Å²) in [5, 5.41) is 22.0. The Morgan fingerprint density at radius 2 is 2.04 bits per heavy atom. The zero-order valence-electron chi connectivity index (χ0n) is 15.1. The smallest absolute Gasteiger partial charge is 0.220 e. The zero-order chi connectivity index (χ0) is 18.6. The van der Waals surface area contributed by atoms with Crippen molar-refractivity contribution in [3.63, 3.8) is 0 Å². The lowest BCUT2D eigenvalue weighted by molar-refractivity contribution is -0.119. The lowest BCUT2D eigenvalue weighted by Crippen LogP contribution is -2.44. The number of aromatic nitrogens is 4. The molecule has 2 aromatic rings. The van der Waals surface area contributed by atoms with E-state index in [1.165, 1.54) is 0 Å². The number of nitrogens with zero attached hydrogens (tertiary/aromatic N) is 5. The molecule has 1 unspecified atom stereocenters. The molecule has 0 radical (unpaired) electrons. The average molecular weight is 372 g/mol. The predicted molar refractivity (Wildman–Crippen MR) is 97.1 cm³/mol. The summed E-state index contributed by atoms with van der Waals surface area (Å²) in [5.74, 6) is 0.958. The third-order valence-corrected chi connectivity index (χ3v) is 6.67. The number of rotatable bonds is 4. The molecular weight excluding hydrogens is 348 g/mol. The van der Waals surface area contributed by atoms with E-state index < -0.39 is 0 Å². The van der Waals surface area contributed by atoms with E-state index in [1.54, 1.807) is 12.7 Å². The molecule has 2 aromatic heterocycles. The van der Waals surface area contributed by atoms with Gasteiger partial charge in [0.25, 0.3) is 0 Å². The van der Waals surface area contributed by atoms with Gasteiger partial charge < -0.3 is 25.0 Å². The summed E-state index contributed by atoms with van der Waals surface area (Å²) in [6, 6.07) is 0.179. The van der Waals surface area contributed by atoms with Gasteiger partial charge in [-0.3, -0.25) is 4.79 Å². The van der Waals surface area contributed by atoms with Crippen molar-refractivity contribution >= 4 is 22.9 Å². The third kappa shape index (κ3) is 2.52. The predicted octanol–water partition coefficient (Wildman–Crippen LogP) is -0.151. The first-order valence-electron chi connectivity index (χ1n) is 9.48. The molecule has 9 heteroatoms. The summed E-state index contributed by atoms with van der Waals surface area (Å²) in [6.07, 6.45) is 6.34. The third-order valence-electron chi connectivity index (χ3n) is 6.67. The number of hydrogen-bond donors (Lipinski definition) is 3. The van der Waals surface area contributed by atoms with Crippen LogP contribution in [0.15, 0.2) is 12.7 Å². The van der Waals surface area contributed by atoms with Gasteiger partial charge in [0.15, 0.2) is 17.0 Å². The van der Waals surface area contributed by atoms with Gasteiger partial charge in [0, 0.05) is 42.9 Å². The lowest BCUT2D eigenvalue weighted by atomic mass is 9.66. The van der Waals surface area contributed by atoms with Crippen LogP contribution in [-0.4, -0.2) is 68.5 Å². The van der Waals surface area contributed by atoms with Crippen LogP contribution in [0.5, 0.6) is 0 Å². The van der Waals surface area contributed by atoms with Gasteiger partial charge in [-0.25, -0.2) is 15.0 Å². The average Bonchev–Trinajstić information content (AvgIpc) is 3.35. The highest BCUT2D eigenvalue weighted by molar-refractivity contribution is 5.84. The van der Waals surface area contributed by atoms with Gasteiger partial charge >= 0.3 is 0 Å². The minimum Gasteiger partial charge on any atom is -0.396 e. The Balaban J connectivity index is 1.41. The van der Waals surface area contributed by atoms with Gasteiger partial charge in [-0.15, -0.1) is 0 Å². The number of carbonyl (C=O) groups is 1. The molecule has 0 aromatic carbocycles. The number of amides is 1. The molecule has 0 bridgehead atoms. The van der Waals surface area contributed by atoms with Crippen molar-refractivity contribution < 1.29 is 15.0 Å². The SMILES string of the molecule is O=C1CC2(CCN(c3ncnc4c3ncn4C3CC(CO)(CO)C3)C2)CN1. The van der Waals surface area contributed by atoms with Gasteiger partial charge in [0.2, 0.25) is 5.91 Å². The van der Waals surface area contributed by atoms with E-state index in [2.05, 4.69) is 25.2 Å². The van der Waals surface area contributed by atoms with Crippen molar-refractivity contribution in [2.24, 2.45) is 10.8 Å². The van der Waals surface area contributed by atoms with Crippen molar-refractivity contribution in [1.29, 1.82) is 0 Å². The van der Waals surface area contributed by atoms with Crippen LogP contribution in [0.4, 0.5) is 5.82 Å². The molecule has 4 heterocycles. The van der Waals surface area contributed by atoms with Crippen LogP contribution in [0.25, 0.3) is 11.2 Å². The molecule has 1 aliphatic carbocycles. The highest BCUT2D eigenvalue weighted by Crippen LogP contribution is 2.49. The maximum atomic E-state index is 11.7.